The lowest BCUT2D eigenvalue weighted by molar-refractivity contribution is -0.111. The van der Waals surface area contributed by atoms with Gasteiger partial charge in [0.05, 0.1) is 0 Å². The lowest BCUT2D eigenvalue weighted by atomic mass is 10.2. The number of hydrogen-bond acceptors (Lipinski definition) is 3. The molecular weight excluding hydrogens is 319 g/mol. The van der Waals surface area contributed by atoms with Gasteiger partial charge < -0.3 is 10.1 Å². The molecule has 0 spiro atoms. The minimum Gasteiger partial charge on any atom is -0.434 e. The van der Waals surface area contributed by atoms with Crippen molar-refractivity contribution < 1.29 is 13.9 Å². The van der Waals surface area contributed by atoms with Gasteiger partial charge in [0.1, 0.15) is 5.69 Å². The Morgan fingerprint density at radius 2 is 1.76 bits per heavy atom. The predicted octanol–water partition coefficient (Wildman–Crippen LogP) is 4.66. The topological polar surface area (TPSA) is 51.2 Å². The van der Waals surface area contributed by atoms with Crippen molar-refractivity contribution in [3.8, 4) is 11.6 Å². The summed E-state index contributed by atoms with van der Waals surface area (Å²) >= 11 is 0. The first-order chi connectivity index (χ1) is 12.2. The number of nitrogens with one attached hydrogen (secondary N) is 1. The zero-order chi connectivity index (χ0) is 17.5. The highest BCUT2D eigenvalue weighted by Gasteiger charge is 2.10. The number of benzene rings is 2. The number of aromatic nitrogens is 1. The lowest BCUT2D eigenvalue weighted by Gasteiger charge is -2.10. The molecule has 4 nitrogen and oxygen atoms in total. The van der Waals surface area contributed by atoms with Crippen LogP contribution in [0.25, 0.3) is 6.08 Å². The van der Waals surface area contributed by atoms with Crippen LogP contribution in [0.5, 0.6) is 11.6 Å². The number of halogens is 1. The van der Waals surface area contributed by atoms with Crippen LogP contribution in [0.3, 0.4) is 0 Å². The van der Waals surface area contributed by atoms with Crippen LogP contribution in [-0.4, -0.2) is 10.9 Å². The maximum absolute atomic E-state index is 13.7. The van der Waals surface area contributed by atoms with E-state index in [0.717, 1.165) is 5.56 Å². The van der Waals surface area contributed by atoms with Gasteiger partial charge >= 0.3 is 0 Å². The van der Waals surface area contributed by atoms with Crippen LogP contribution in [0.2, 0.25) is 0 Å². The largest absolute Gasteiger partial charge is 0.434 e. The van der Waals surface area contributed by atoms with E-state index in [0.29, 0.717) is 5.69 Å². The molecule has 0 aliphatic heterocycles. The molecule has 0 saturated heterocycles. The first-order valence-electron chi connectivity index (χ1n) is 7.64. The minimum atomic E-state index is -0.505. The van der Waals surface area contributed by atoms with E-state index >= 15 is 0 Å². The highest BCUT2D eigenvalue weighted by Crippen LogP contribution is 2.28. The third kappa shape index (κ3) is 4.51. The molecule has 0 bridgehead atoms. The van der Waals surface area contributed by atoms with Gasteiger partial charge in [-0.25, -0.2) is 9.37 Å². The summed E-state index contributed by atoms with van der Waals surface area (Å²) in [5.41, 5.74) is 1.26. The SMILES string of the molecule is O=C(/C=C\c1ccccc1)Nc1cccnc1Oc1ccccc1F. The quantitative estimate of drug-likeness (QED) is 0.690. The standard InChI is InChI=1S/C20H15FN2O2/c21-16-9-4-5-11-18(16)25-20-17(10-6-14-22-20)23-19(24)13-12-15-7-2-1-3-8-15/h1-14H,(H,23,24)/b13-12-. The van der Waals surface area contributed by atoms with Crippen LogP contribution in [0.1, 0.15) is 5.56 Å². The highest BCUT2D eigenvalue weighted by atomic mass is 19.1. The number of carbonyl (C=O) groups excluding carboxylic acids is 1. The average molecular weight is 334 g/mol. The first kappa shape index (κ1) is 16.4. The van der Waals surface area contributed by atoms with Crippen molar-refractivity contribution in [1.82, 2.24) is 4.98 Å². The third-order valence-electron chi connectivity index (χ3n) is 3.30. The van der Waals surface area contributed by atoms with E-state index in [1.165, 1.54) is 24.4 Å². The Labute approximate surface area is 144 Å². The summed E-state index contributed by atoms with van der Waals surface area (Å²) in [7, 11) is 0. The second-order valence-electron chi connectivity index (χ2n) is 5.12. The van der Waals surface area contributed by atoms with E-state index in [9.17, 15) is 9.18 Å². The molecule has 25 heavy (non-hydrogen) atoms. The number of hydrogen-bond donors (Lipinski definition) is 1. The fourth-order valence-corrected chi connectivity index (χ4v) is 2.11. The lowest BCUT2D eigenvalue weighted by Crippen LogP contribution is -2.09. The number of para-hydroxylation sites is 1. The monoisotopic (exact) mass is 334 g/mol. The Hall–Kier alpha value is -3.47. The first-order valence-corrected chi connectivity index (χ1v) is 7.64. The van der Waals surface area contributed by atoms with Gasteiger partial charge in [-0.3, -0.25) is 4.79 Å². The molecule has 2 aromatic carbocycles. The molecule has 1 N–H and O–H groups in total. The smallest absolute Gasteiger partial charge is 0.248 e. The Morgan fingerprint density at radius 3 is 2.56 bits per heavy atom. The molecule has 0 unspecified atom stereocenters. The summed E-state index contributed by atoms with van der Waals surface area (Å²) in [6, 6.07) is 18.8. The maximum Gasteiger partial charge on any atom is 0.248 e. The molecule has 1 amide bonds. The van der Waals surface area contributed by atoms with Crippen molar-refractivity contribution in [2.24, 2.45) is 0 Å². The molecule has 0 radical (unpaired) electrons. The number of ether oxygens (including phenoxy) is 1. The zero-order valence-electron chi connectivity index (χ0n) is 13.2. The van der Waals surface area contributed by atoms with Crippen molar-refractivity contribution in [2.75, 3.05) is 5.32 Å². The molecule has 0 aliphatic rings. The van der Waals surface area contributed by atoms with E-state index in [-0.39, 0.29) is 17.5 Å². The number of carbonyl (C=O) groups is 1. The molecule has 3 rings (SSSR count). The van der Waals surface area contributed by atoms with E-state index in [4.69, 9.17) is 4.74 Å². The van der Waals surface area contributed by atoms with Gasteiger partial charge in [-0.05, 0) is 35.9 Å². The Kier molecular flexibility index (Phi) is 5.16. The molecule has 0 saturated carbocycles. The number of amides is 1. The van der Waals surface area contributed by atoms with Gasteiger partial charge in [0.2, 0.25) is 11.8 Å². The second-order valence-corrected chi connectivity index (χ2v) is 5.12. The van der Waals surface area contributed by atoms with Gasteiger partial charge in [-0.1, -0.05) is 42.5 Å². The summed E-state index contributed by atoms with van der Waals surface area (Å²) in [4.78, 5) is 16.2. The summed E-state index contributed by atoms with van der Waals surface area (Å²) in [6.45, 7) is 0. The molecule has 5 heteroatoms. The van der Waals surface area contributed by atoms with Gasteiger partial charge in [0.25, 0.3) is 0 Å². The summed E-state index contributed by atoms with van der Waals surface area (Å²) in [5.74, 6) is -0.685. The van der Waals surface area contributed by atoms with Crippen LogP contribution in [-0.2, 0) is 4.79 Å². The highest BCUT2D eigenvalue weighted by molar-refractivity contribution is 6.02. The van der Waals surface area contributed by atoms with E-state index in [1.807, 2.05) is 30.3 Å². The second kappa shape index (κ2) is 7.88. The van der Waals surface area contributed by atoms with Crippen molar-refractivity contribution in [3.05, 3.63) is 90.4 Å². The van der Waals surface area contributed by atoms with Crippen LogP contribution in [0.15, 0.2) is 79.0 Å². The molecule has 3 aromatic rings. The van der Waals surface area contributed by atoms with Crippen LogP contribution in [0, 0.1) is 5.82 Å². The number of pyridine rings is 1. The zero-order valence-corrected chi connectivity index (χ0v) is 13.2. The van der Waals surface area contributed by atoms with Crippen LogP contribution >= 0.6 is 0 Å². The summed E-state index contributed by atoms with van der Waals surface area (Å²) < 4.78 is 19.2. The van der Waals surface area contributed by atoms with Gasteiger partial charge in [0.15, 0.2) is 11.6 Å². The number of anilines is 1. The molecule has 124 valence electrons. The fourth-order valence-electron chi connectivity index (χ4n) is 2.11. The number of nitrogens with zero attached hydrogens (tertiary/aromatic N) is 1. The van der Waals surface area contributed by atoms with E-state index in [2.05, 4.69) is 10.3 Å². The molecule has 0 atom stereocenters. The van der Waals surface area contributed by atoms with Crippen molar-refractivity contribution >= 4 is 17.7 Å². The van der Waals surface area contributed by atoms with E-state index < -0.39 is 5.82 Å². The molecule has 1 heterocycles. The summed E-state index contributed by atoms with van der Waals surface area (Å²) in [6.07, 6.45) is 4.62. The Balaban J connectivity index is 1.74. The van der Waals surface area contributed by atoms with Gasteiger partial charge in [-0.15, -0.1) is 0 Å². The van der Waals surface area contributed by atoms with E-state index in [1.54, 1.807) is 30.3 Å². The number of rotatable bonds is 5. The van der Waals surface area contributed by atoms with Crippen LogP contribution in [0.4, 0.5) is 10.1 Å². The van der Waals surface area contributed by atoms with Gasteiger partial charge in [-0.2, -0.15) is 0 Å². The summed E-state index contributed by atoms with van der Waals surface area (Å²) in [5, 5.41) is 2.68. The maximum atomic E-state index is 13.7. The molecule has 0 aliphatic carbocycles. The third-order valence-corrected chi connectivity index (χ3v) is 3.30. The fraction of sp³-hybridized carbons (Fsp3) is 0. The van der Waals surface area contributed by atoms with Crippen molar-refractivity contribution in [2.45, 2.75) is 0 Å². The van der Waals surface area contributed by atoms with Crippen molar-refractivity contribution in [1.29, 1.82) is 0 Å². The molecular formula is C20H15FN2O2. The normalized spacial score (nSPS) is 10.6. The Morgan fingerprint density at radius 1 is 1.00 bits per heavy atom. The Bertz CT molecular complexity index is 895. The van der Waals surface area contributed by atoms with Gasteiger partial charge in [0, 0.05) is 12.3 Å². The minimum absolute atomic E-state index is 0.0385. The van der Waals surface area contributed by atoms with Crippen molar-refractivity contribution in [3.63, 3.8) is 0 Å². The van der Waals surface area contributed by atoms with Crippen LogP contribution < -0.4 is 10.1 Å². The molecule has 1 aromatic heterocycles. The molecule has 0 fully saturated rings. The average Bonchev–Trinajstić information content (AvgIpc) is 2.64. The predicted molar refractivity (Wildman–Crippen MR) is 94.8 cm³/mol.